The number of hydrogen-bond donors (Lipinski definition) is 0. The highest BCUT2D eigenvalue weighted by Crippen LogP contribution is 2.40. The fraction of sp³-hybridized carbons (Fsp3) is 0.474. The van der Waals surface area contributed by atoms with Crippen molar-refractivity contribution in [2.75, 3.05) is 0 Å². The van der Waals surface area contributed by atoms with Crippen LogP contribution in [0.2, 0.25) is 0 Å². The lowest BCUT2D eigenvalue weighted by Crippen LogP contribution is -2.19. The molecule has 1 unspecified atom stereocenters. The summed E-state index contributed by atoms with van der Waals surface area (Å²) in [5.41, 5.74) is 4.20. The fourth-order valence-corrected chi connectivity index (χ4v) is 2.94. The van der Waals surface area contributed by atoms with Crippen LogP contribution in [0, 0.1) is 5.41 Å². The summed E-state index contributed by atoms with van der Waals surface area (Å²) < 4.78 is 0. The molecule has 0 N–H and O–H groups in total. The summed E-state index contributed by atoms with van der Waals surface area (Å²) in [7, 11) is 0. The molecule has 1 atom stereocenters. The molecule has 2 nitrogen and oxygen atoms in total. The Bertz CT molecular complexity index is 550. The number of azo groups is 1. The molecule has 1 aliphatic carbocycles. The third-order valence-corrected chi connectivity index (χ3v) is 4.20. The third-order valence-electron chi connectivity index (χ3n) is 4.20. The first-order valence-corrected chi connectivity index (χ1v) is 7.83. The Morgan fingerprint density at radius 2 is 1.90 bits per heavy atom. The minimum atomic E-state index is 0.100. The van der Waals surface area contributed by atoms with E-state index >= 15 is 0 Å². The van der Waals surface area contributed by atoms with Gasteiger partial charge in [-0.1, -0.05) is 49.8 Å². The van der Waals surface area contributed by atoms with E-state index in [1.165, 1.54) is 30.4 Å². The van der Waals surface area contributed by atoms with E-state index < -0.39 is 0 Å². The number of nitrogens with zero attached hydrogens (tertiary/aromatic N) is 2. The van der Waals surface area contributed by atoms with E-state index in [1.54, 1.807) is 0 Å². The molecule has 2 heteroatoms. The maximum Gasteiger partial charge on any atom is 0.0868 e. The van der Waals surface area contributed by atoms with E-state index in [0.29, 0.717) is 0 Å². The smallest absolute Gasteiger partial charge is 0.0868 e. The normalized spacial score (nSPS) is 20.4. The van der Waals surface area contributed by atoms with E-state index in [0.717, 1.165) is 5.69 Å². The maximum atomic E-state index is 4.37. The first-order chi connectivity index (χ1) is 9.99. The standard InChI is InChI=1S/C19H26N2/c1-15-9-8-14-19(3,4)18(15)13-12-16(2)20-21-17-10-6-5-7-11-17/h5-7,10-13,16H,8-9,14H2,1-4H3. The van der Waals surface area contributed by atoms with Crippen LogP contribution in [0.4, 0.5) is 5.69 Å². The van der Waals surface area contributed by atoms with Crippen LogP contribution in [0.1, 0.15) is 47.0 Å². The number of hydrogen-bond acceptors (Lipinski definition) is 2. The molecule has 0 amide bonds. The highest BCUT2D eigenvalue weighted by atomic mass is 15.1. The lowest BCUT2D eigenvalue weighted by atomic mass is 9.72. The molecule has 112 valence electrons. The van der Waals surface area contributed by atoms with Gasteiger partial charge in [-0.15, -0.1) is 0 Å². The fourth-order valence-electron chi connectivity index (χ4n) is 2.94. The molecule has 2 rings (SSSR count). The zero-order valence-corrected chi connectivity index (χ0v) is 13.6. The highest BCUT2D eigenvalue weighted by Gasteiger charge is 2.26. The van der Waals surface area contributed by atoms with Crippen molar-refractivity contribution in [3.05, 3.63) is 53.6 Å². The summed E-state index contributed by atoms with van der Waals surface area (Å²) in [4.78, 5) is 0. The van der Waals surface area contributed by atoms with Gasteiger partial charge in [0.25, 0.3) is 0 Å². The monoisotopic (exact) mass is 282 g/mol. The zero-order chi connectivity index (χ0) is 15.3. The molecule has 0 spiro atoms. The number of rotatable bonds is 4. The molecule has 0 saturated carbocycles. The summed E-state index contributed by atoms with van der Waals surface area (Å²) in [6.45, 7) is 9.02. The van der Waals surface area contributed by atoms with Crippen LogP contribution in [-0.4, -0.2) is 6.04 Å². The quantitative estimate of drug-likeness (QED) is 0.584. The SMILES string of the molecule is CC1=C(C=CC(C)N=Nc2ccccc2)C(C)(C)CCC1. The second-order valence-corrected chi connectivity index (χ2v) is 6.58. The molecule has 0 fully saturated rings. The van der Waals surface area contributed by atoms with Crippen LogP contribution in [0.15, 0.2) is 63.9 Å². The second kappa shape index (κ2) is 6.84. The lowest BCUT2D eigenvalue weighted by Gasteiger charge is -2.33. The van der Waals surface area contributed by atoms with E-state index in [2.05, 4.69) is 50.1 Å². The van der Waals surface area contributed by atoms with Gasteiger partial charge in [0.15, 0.2) is 0 Å². The van der Waals surface area contributed by atoms with Crippen LogP contribution in [0.3, 0.4) is 0 Å². The molecule has 0 radical (unpaired) electrons. The van der Waals surface area contributed by atoms with Gasteiger partial charge in [0, 0.05) is 0 Å². The average Bonchev–Trinajstić information content (AvgIpc) is 2.45. The van der Waals surface area contributed by atoms with Crippen molar-refractivity contribution < 1.29 is 0 Å². The van der Waals surface area contributed by atoms with Crippen LogP contribution < -0.4 is 0 Å². The van der Waals surface area contributed by atoms with Gasteiger partial charge in [0.05, 0.1) is 11.7 Å². The zero-order valence-electron chi connectivity index (χ0n) is 13.6. The largest absolute Gasteiger partial charge is 0.181 e. The summed E-state index contributed by atoms with van der Waals surface area (Å²) in [5, 5.41) is 8.65. The van der Waals surface area contributed by atoms with Crippen molar-refractivity contribution in [3.63, 3.8) is 0 Å². The second-order valence-electron chi connectivity index (χ2n) is 6.58. The van der Waals surface area contributed by atoms with Gasteiger partial charge >= 0.3 is 0 Å². The van der Waals surface area contributed by atoms with Gasteiger partial charge in [-0.3, -0.25) is 0 Å². The minimum Gasteiger partial charge on any atom is -0.181 e. The summed E-state index contributed by atoms with van der Waals surface area (Å²) in [6.07, 6.45) is 8.23. The van der Waals surface area contributed by atoms with Gasteiger partial charge in [0.2, 0.25) is 0 Å². The van der Waals surface area contributed by atoms with Crippen LogP contribution >= 0.6 is 0 Å². The molecule has 21 heavy (non-hydrogen) atoms. The Kier molecular flexibility index (Phi) is 5.11. The molecule has 1 aromatic rings. The van der Waals surface area contributed by atoms with Crippen molar-refractivity contribution in [2.45, 2.75) is 53.0 Å². The van der Waals surface area contributed by atoms with Crippen LogP contribution in [0.5, 0.6) is 0 Å². The van der Waals surface area contributed by atoms with Gasteiger partial charge in [-0.25, -0.2) is 0 Å². The molecule has 1 aromatic carbocycles. The molecule has 1 aliphatic rings. The van der Waals surface area contributed by atoms with Gasteiger partial charge in [0.1, 0.15) is 0 Å². The van der Waals surface area contributed by atoms with E-state index in [4.69, 9.17) is 0 Å². The maximum absolute atomic E-state index is 4.37. The Labute approximate surface area is 128 Å². The molecule has 0 aliphatic heterocycles. The predicted octanol–water partition coefficient (Wildman–Crippen LogP) is 6.24. The van der Waals surface area contributed by atoms with Gasteiger partial charge in [-0.05, 0) is 56.2 Å². The molecule has 0 saturated heterocycles. The van der Waals surface area contributed by atoms with Crippen LogP contribution in [-0.2, 0) is 0 Å². The molecular weight excluding hydrogens is 256 g/mol. The van der Waals surface area contributed by atoms with Crippen molar-refractivity contribution in [2.24, 2.45) is 15.6 Å². The molecule has 0 bridgehead atoms. The predicted molar refractivity (Wildman–Crippen MR) is 89.9 cm³/mol. The Morgan fingerprint density at radius 3 is 2.57 bits per heavy atom. The first kappa shape index (κ1) is 15.7. The summed E-state index contributed by atoms with van der Waals surface area (Å²) >= 11 is 0. The summed E-state index contributed by atoms with van der Waals surface area (Å²) in [6, 6.07) is 9.99. The number of benzene rings is 1. The minimum absolute atomic E-state index is 0.100. The van der Waals surface area contributed by atoms with Crippen molar-refractivity contribution in [3.8, 4) is 0 Å². The van der Waals surface area contributed by atoms with E-state index in [9.17, 15) is 0 Å². The Balaban J connectivity index is 2.05. The highest BCUT2D eigenvalue weighted by molar-refractivity contribution is 5.35. The first-order valence-electron chi connectivity index (χ1n) is 7.83. The number of allylic oxidation sites excluding steroid dienone is 3. The van der Waals surface area contributed by atoms with E-state index in [1.807, 2.05) is 30.3 Å². The van der Waals surface area contributed by atoms with Crippen molar-refractivity contribution in [1.29, 1.82) is 0 Å². The van der Waals surface area contributed by atoms with Gasteiger partial charge in [-0.2, -0.15) is 10.2 Å². The average molecular weight is 282 g/mol. The molecular formula is C19H26N2. The van der Waals surface area contributed by atoms with Crippen molar-refractivity contribution in [1.82, 2.24) is 0 Å². The van der Waals surface area contributed by atoms with Gasteiger partial charge < -0.3 is 0 Å². The van der Waals surface area contributed by atoms with Crippen LogP contribution in [0.25, 0.3) is 0 Å². The lowest BCUT2D eigenvalue weighted by molar-refractivity contribution is 0.376. The summed E-state index contributed by atoms with van der Waals surface area (Å²) in [5.74, 6) is 0. The third kappa shape index (κ3) is 4.38. The van der Waals surface area contributed by atoms with E-state index in [-0.39, 0.29) is 11.5 Å². The topological polar surface area (TPSA) is 24.7 Å². The molecule has 0 heterocycles. The Hall–Kier alpha value is -1.70. The van der Waals surface area contributed by atoms with Crippen molar-refractivity contribution >= 4 is 5.69 Å². The Morgan fingerprint density at radius 1 is 1.19 bits per heavy atom. The molecule has 0 aromatic heterocycles.